The molecule has 0 spiro atoms. The fraction of sp³-hybridized carbons (Fsp3) is 0.393. The smallest absolute Gasteiger partial charge is 0.292 e. The highest BCUT2D eigenvalue weighted by Crippen LogP contribution is 2.49. The monoisotopic (exact) mass is 537 g/mol. The molecule has 4 aromatic rings. The molecular formula is C28H29F2N5O2S. The van der Waals surface area contributed by atoms with Gasteiger partial charge in [-0.3, -0.25) is 9.97 Å². The van der Waals surface area contributed by atoms with Gasteiger partial charge in [0.1, 0.15) is 11.4 Å². The normalized spacial score (nSPS) is 17.2. The molecule has 7 nitrogen and oxygen atoms in total. The van der Waals surface area contributed by atoms with Gasteiger partial charge in [-0.1, -0.05) is 31.2 Å². The summed E-state index contributed by atoms with van der Waals surface area (Å²) in [6.45, 7) is 1.58. The molecule has 1 aromatic carbocycles. The maximum Gasteiger partial charge on any atom is 0.292 e. The van der Waals surface area contributed by atoms with Crippen LogP contribution in [0.25, 0.3) is 33.7 Å². The number of nitrogens with zero attached hydrogens (tertiary/aromatic N) is 4. The Morgan fingerprint density at radius 3 is 2.39 bits per heavy atom. The summed E-state index contributed by atoms with van der Waals surface area (Å²) in [5.41, 5.74) is 3.50. The average Bonchev–Trinajstić information content (AvgIpc) is 3.86. The number of alkyl halides is 2. The second-order valence-electron chi connectivity index (χ2n) is 10.3. The fourth-order valence-electron chi connectivity index (χ4n) is 5.09. The van der Waals surface area contributed by atoms with Crippen molar-refractivity contribution in [1.29, 1.82) is 0 Å². The van der Waals surface area contributed by atoms with Gasteiger partial charge in [0, 0.05) is 30.3 Å². The zero-order valence-corrected chi connectivity index (χ0v) is 22.3. The number of hydrogen-bond donors (Lipinski definition) is 1. The van der Waals surface area contributed by atoms with Gasteiger partial charge in [-0.15, -0.1) is 0 Å². The molecule has 198 valence electrons. The molecule has 1 N–H and O–H groups in total. The molecule has 3 heterocycles. The topological polar surface area (TPSA) is 89.8 Å². The van der Waals surface area contributed by atoms with E-state index in [4.69, 9.17) is 0 Å². The molecule has 0 bridgehead atoms. The summed E-state index contributed by atoms with van der Waals surface area (Å²) < 4.78 is 57.5. The van der Waals surface area contributed by atoms with E-state index in [-0.39, 0.29) is 33.4 Å². The molecule has 2 fully saturated rings. The molecule has 0 aliphatic heterocycles. The number of rotatable bonds is 8. The Balaban J connectivity index is 1.44. The van der Waals surface area contributed by atoms with Crippen LogP contribution in [0, 0.1) is 5.92 Å². The summed E-state index contributed by atoms with van der Waals surface area (Å²) in [4.78, 5) is 13.2. The molecule has 2 saturated carbocycles. The quantitative estimate of drug-likeness (QED) is 0.332. The number of hydrogen-bond acceptors (Lipinski definition) is 6. The van der Waals surface area contributed by atoms with Crippen molar-refractivity contribution in [2.45, 2.75) is 49.0 Å². The number of aryl methyl sites for hydroxylation is 1. The Kier molecular flexibility index (Phi) is 5.70. The van der Waals surface area contributed by atoms with E-state index >= 15 is 0 Å². The lowest BCUT2D eigenvalue weighted by Crippen LogP contribution is -2.24. The molecule has 0 radical (unpaired) electrons. The summed E-state index contributed by atoms with van der Waals surface area (Å²) in [5, 5.41) is 3.38. The standard InChI is InChI=1S/C28H29F2N5O2S/c1-4-38(36,37)23-13-18(17-5-7-19(8-6-17)27(31-2)11-12-27)15-33-25(23)26-34-21-14-24(28(29,30)20-9-10-20)32-16-22(21)35(26)3/h5-8,13-16,20,31H,4,9-12H2,1-3H3. The first kappa shape index (κ1) is 25.1. The van der Waals surface area contributed by atoms with Gasteiger partial charge in [0.25, 0.3) is 5.92 Å². The molecule has 0 amide bonds. The van der Waals surface area contributed by atoms with Crippen LogP contribution in [0.5, 0.6) is 0 Å². The summed E-state index contributed by atoms with van der Waals surface area (Å²) in [6, 6.07) is 11.0. The largest absolute Gasteiger partial charge is 0.324 e. The van der Waals surface area contributed by atoms with Gasteiger partial charge in [-0.05, 0) is 56.0 Å². The summed E-state index contributed by atoms with van der Waals surface area (Å²) in [5.74, 6) is -3.52. The van der Waals surface area contributed by atoms with Gasteiger partial charge in [-0.2, -0.15) is 8.78 Å². The first-order chi connectivity index (χ1) is 18.1. The number of imidazole rings is 1. The Morgan fingerprint density at radius 1 is 1.08 bits per heavy atom. The lowest BCUT2D eigenvalue weighted by molar-refractivity contribution is -0.0327. The number of nitrogens with one attached hydrogen (secondary N) is 1. The molecule has 0 saturated heterocycles. The third kappa shape index (κ3) is 4.01. The number of fused-ring (bicyclic) bond motifs is 1. The van der Waals surface area contributed by atoms with Crippen LogP contribution in [0.15, 0.2) is 53.7 Å². The highest BCUT2D eigenvalue weighted by atomic mass is 32.2. The molecule has 38 heavy (non-hydrogen) atoms. The van der Waals surface area contributed by atoms with Crippen LogP contribution in [-0.4, -0.2) is 40.7 Å². The second kappa shape index (κ2) is 8.64. The van der Waals surface area contributed by atoms with Crippen molar-refractivity contribution in [1.82, 2.24) is 24.8 Å². The van der Waals surface area contributed by atoms with Crippen LogP contribution < -0.4 is 5.32 Å². The zero-order valence-electron chi connectivity index (χ0n) is 21.5. The van der Waals surface area contributed by atoms with Crippen molar-refractivity contribution in [2.75, 3.05) is 12.8 Å². The van der Waals surface area contributed by atoms with E-state index in [1.165, 1.54) is 17.8 Å². The molecule has 10 heteroatoms. The molecule has 3 aromatic heterocycles. The van der Waals surface area contributed by atoms with Crippen LogP contribution in [-0.2, 0) is 28.3 Å². The van der Waals surface area contributed by atoms with Crippen LogP contribution >= 0.6 is 0 Å². The lowest BCUT2D eigenvalue weighted by atomic mass is 10.0. The van der Waals surface area contributed by atoms with Gasteiger partial charge in [-0.25, -0.2) is 13.4 Å². The van der Waals surface area contributed by atoms with Crippen LogP contribution in [0.2, 0.25) is 0 Å². The summed E-state index contributed by atoms with van der Waals surface area (Å²) in [7, 11) is -0.0170. The first-order valence-corrected chi connectivity index (χ1v) is 14.5. The van der Waals surface area contributed by atoms with E-state index < -0.39 is 21.7 Å². The SMILES string of the molecule is CCS(=O)(=O)c1cc(-c2ccc(C3(NC)CC3)cc2)cnc1-c1nc2cc(C(F)(F)C3CC3)ncc2n1C. The van der Waals surface area contributed by atoms with Crippen molar-refractivity contribution < 1.29 is 17.2 Å². The third-order valence-electron chi connectivity index (χ3n) is 7.98. The first-order valence-electron chi connectivity index (χ1n) is 12.8. The molecule has 6 rings (SSSR count). The average molecular weight is 538 g/mol. The molecule has 0 atom stereocenters. The Hall–Kier alpha value is -3.24. The number of halogens is 2. The Labute approximate surface area is 220 Å². The zero-order chi connectivity index (χ0) is 26.9. The summed E-state index contributed by atoms with van der Waals surface area (Å²) in [6.07, 6.45) is 6.14. The van der Waals surface area contributed by atoms with E-state index in [1.54, 1.807) is 30.8 Å². The van der Waals surface area contributed by atoms with E-state index in [9.17, 15) is 17.2 Å². The van der Waals surface area contributed by atoms with E-state index in [1.807, 2.05) is 19.2 Å². The summed E-state index contributed by atoms with van der Waals surface area (Å²) >= 11 is 0. The molecule has 2 aliphatic carbocycles. The predicted molar refractivity (Wildman–Crippen MR) is 141 cm³/mol. The maximum atomic E-state index is 14.7. The van der Waals surface area contributed by atoms with Crippen LogP contribution in [0.1, 0.15) is 43.9 Å². The number of pyridine rings is 2. The fourth-order valence-corrected chi connectivity index (χ4v) is 6.15. The van der Waals surface area contributed by atoms with E-state index in [0.717, 1.165) is 18.4 Å². The molecule has 2 aliphatic rings. The van der Waals surface area contributed by atoms with Gasteiger partial charge in [0.2, 0.25) is 0 Å². The molecular weight excluding hydrogens is 508 g/mol. The molecule has 0 unspecified atom stereocenters. The minimum Gasteiger partial charge on any atom is -0.324 e. The maximum absolute atomic E-state index is 14.7. The Bertz CT molecular complexity index is 1660. The van der Waals surface area contributed by atoms with Gasteiger partial charge in [0.05, 0.1) is 27.9 Å². The third-order valence-corrected chi connectivity index (χ3v) is 9.72. The van der Waals surface area contributed by atoms with Crippen molar-refractivity contribution >= 4 is 20.9 Å². The van der Waals surface area contributed by atoms with Crippen molar-refractivity contribution in [3.8, 4) is 22.6 Å². The van der Waals surface area contributed by atoms with Crippen LogP contribution in [0.3, 0.4) is 0 Å². The highest BCUT2D eigenvalue weighted by molar-refractivity contribution is 7.91. The highest BCUT2D eigenvalue weighted by Gasteiger charge is 2.49. The van der Waals surface area contributed by atoms with Crippen molar-refractivity contribution in [3.63, 3.8) is 0 Å². The number of sulfone groups is 1. The van der Waals surface area contributed by atoms with Gasteiger partial charge in [0.15, 0.2) is 15.7 Å². The van der Waals surface area contributed by atoms with Gasteiger partial charge >= 0.3 is 0 Å². The second-order valence-corrected chi connectivity index (χ2v) is 12.6. The minimum absolute atomic E-state index is 0.0366. The van der Waals surface area contributed by atoms with Crippen molar-refractivity contribution in [3.05, 3.63) is 60.0 Å². The van der Waals surface area contributed by atoms with Crippen molar-refractivity contribution in [2.24, 2.45) is 13.0 Å². The lowest BCUT2D eigenvalue weighted by Gasteiger charge is -2.15. The van der Waals surface area contributed by atoms with Crippen LogP contribution in [0.4, 0.5) is 8.78 Å². The minimum atomic E-state index is -3.68. The predicted octanol–water partition coefficient (Wildman–Crippen LogP) is 5.20. The van der Waals surface area contributed by atoms with Gasteiger partial charge < -0.3 is 9.88 Å². The number of benzene rings is 1. The number of aromatic nitrogens is 4. The van der Waals surface area contributed by atoms with E-state index in [2.05, 4.69) is 32.4 Å². The van der Waals surface area contributed by atoms with E-state index in [0.29, 0.717) is 29.4 Å². The Morgan fingerprint density at radius 2 is 1.79 bits per heavy atom.